The average Bonchev–Trinajstić information content (AvgIpc) is 3.61. The van der Waals surface area contributed by atoms with Crippen LogP contribution in [0.1, 0.15) is 5.56 Å². The maximum absolute atomic E-state index is 15.0. The predicted octanol–water partition coefficient (Wildman–Crippen LogP) is 3.70. The van der Waals surface area contributed by atoms with E-state index in [1.807, 2.05) is 48.5 Å². The van der Waals surface area contributed by atoms with Crippen molar-refractivity contribution in [3.63, 3.8) is 0 Å². The Bertz CT molecular complexity index is 1450. The second-order valence-corrected chi connectivity index (χ2v) is 9.63. The number of carbonyl (C=O) groups is 1. The first-order valence-corrected chi connectivity index (χ1v) is 12.5. The molecule has 2 aromatic heterocycles. The molecule has 9 heteroatoms. The summed E-state index contributed by atoms with van der Waals surface area (Å²) in [6.07, 6.45) is -1.43. The molecular formula is C29H27FN2O6. The van der Waals surface area contributed by atoms with Crippen LogP contribution in [0.5, 0.6) is 5.88 Å². The number of hydrogen-bond donors (Lipinski definition) is 2. The molecule has 0 bridgehead atoms. The van der Waals surface area contributed by atoms with Gasteiger partial charge < -0.3 is 29.0 Å². The van der Waals surface area contributed by atoms with Gasteiger partial charge in [0.25, 0.3) is 0 Å². The summed E-state index contributed by atoms with van der Waals surface area (Å²) in [5.41, 5.74) is 4.88. The minimum atomic E-state index is -0.655. The molecule has 6 rings (SSSR count). The van der Waals surface area contributed by atoms with Gasteiger partial charge in [-0.15, -0.1) is 0 Å². The van der Waals surface area contributed by atoms with Crippen molar-refractivity contribution in [3.05, 3.63) is 72.0 Å². The van der Waals surface area contributed by atoms with E-state index in [-0.39, 0.29) is 36.9 Å². The largest absolute Gasteiger partial charge is 0.470 e. The normalized spacial score (nSPS) is 22.6. The fourth-order valence-corrected chi connectivity index (χ4v) is 5.06. The van der Waals surface area contributed by atoms with Gasteiger partial charge in [0, 0.05) is 31.2 Å². The number of ketones is 1. The first-order valence-electron chi connectivity index (χ1n) is 12.5. The van der Waals surface area contributed by atoms with E-state index in [9.17, 15) is 9.90 Å². The highest BCUT2D eigenvalue weighted by Crippen LogP contribution is 2.32. The number of halogens is 1. The van der Waals surface area contributed by atoms with Crippen LogP contribution in [-0.2, 0) is 25.4 Å². The summed E-state index contributed by atoms with van der Waals surface area (Å²) in [6.45, 7) is 0.626. The van der Waals surface area contributed by atoms with Crippen LogP contribution in [0.3, 0.4) is 0 Å². The van der Waals surface area contributed by atoms with Crippen molar-refractivity contribution in [2.75, 3.05) is 26.9 Å². The first-order chi connectivity index (χ1) is 18.5. The lowest BCUT2D eigenvalue weighted by Crippen LogP contribution is -2.34. The first kappa shape index (κ1) is 24.7. The number of aromatic nitrogens is 2. The number of Topliss-reactive ketones (excluding diaryl/α,β-unsaturated/α-hetero) is 1. The third-order valence-corrected chi connectivity index (χ3v) is 6.94. The molecule has 0 unspecified atom stereocenters. The fourth-order valence-electron chi connectivity index (χ4n) is 5.06. The number of carbonyl (C=O) groups excluding carboxylic acids is 1. The lowest BCUT2D eigenvalue weighted by Gasteiger charge is -2.16. The van der Waals surface area contributed by atoms with Gasteiger partial charge in [-0.25, -0.2) is 9.37 Å². The third-order valence-electron chi connectivity index (χ3n) is 6.94. The highest BCUT2D eigenvalue weighted by molar-refractivity contribution is 5.83. The van der Waals surface area contributed by atoms with Gasteiger partial charge in [-0.2, -0.15) is 0 Å². The average molecular weight is 519 g/mol. The number of methoxy groups -OCH3 is 1. The van der Waals surface area contributed by atoms with Gasteiger partial charge in [0.2, 0.25) is 0 Å². The lowest BCUT2D eigenvalue weighted by molar-refractivity contribution is -0.121. The lowest BCUT2D eigenvalue weighted by atomic mass is 10.00. The van der Waals surface area contributed by atoms with Crippen LogP contribution >= 0.6 is 0 Å². The quantitative estimate of drug-likeness (QED) is 0.367. The van der Waals surface area contributed by atoms with Gasteiger partial charge in [0.15, 0.2) is 23.6 Å². The number of aliphatic hydroxyl groups excluding tert-OH is 1. The Morgan fingerprint density at radius 3 is 2.45 bits per heavy atom. The molecule has 0 saturated carbocycles. The van der Waals surface area contributed by atoms with Crippen LogP contribution in [0.15, 0.2) is 60.7 Å². The number of benzene rings is 2. The van der Waals surface area contributed by atoms with E-state index < -0.39 is 18.0 Å². The minimum absolute atomic E-state index is 0.0288. The molecule has 4 heterocycles. The number of hydrogen-bond acceptors (Lipinski definition) is 7. The molecule has 2 N–H and O–H groups in total. The van der Waals surface area contributed by atoms with Crippen molar-refractivity contribution < 1.29 is 33.2 Å². The third kappa shape index (κ3) is 4.81. The van der Waals surface area contributed by atoms with E-state index >= 15 is 4.39 Å². The molecule has 4 aromatic rings. The molecule has 0 radical (unpaired) electrons. The van der Waals surface area contributed by atoms with Crippen molar-refractivity contribution in [2.45, 2.75) is 30.8 Å². The Morgan fingerprint density at radius 2 is 1.71 bits per heavy atom. The van der Waals surface area contributed by atoms with Crippen molar-refractivity contribution in [1.29, 1.82) is 0 Å². The maximum atomic E-state index is 15.0. The number of H-pyrrole nitrogens is 1. The Hall–Kier alpha value is -3.63. The number of rotatable bonds is 8. The Kier molecular flexibility index (Phi) is 6.67. The van der Waals surface area contributed by atoms with Crippen molar-refractivity contribution in [2.24, 2.45) is 0 Å². The van der Waals surface area contributed by atoms with Gasteiger partial charge in [0.05, 0.1) is 24.2 Å². The Morgan fingerprint density at radius 1 is 1.03 bits per heavy atom. The molecular weight excluding hydrogens is 491 g/mol. The summed E-state index contributed by atoms with van der Waals surface area (Å²) < 4.78 is 37.2. The topological polar surface area (TPSA) is 103 Å². The summed E-state index contributed by atoms with van der Waals surface area (Å²) >= 11 is 0. The zero-order valence-corrected chi connectivity index (χ0v) is 20.7. The highest BCUT2D eigenvalue weighted by Gasteiger charge is 2.48. The van der Waals surface area contributed by atoms with Crippen LogP contribution in [0.2, 0.25) is 0 Å². The SMILES string of the molecule is COCC(=O)Cc1ccc(-c2ccc(-c3nc4cc(O[C@@H]5CO[C@H]6[C@@H]5OC[C@H]6O)[nH]c4cc3F)cc2)cc1. The standard InChI is InChI=1S/C29H27FN2O6/c1-35-13-20(33)10-16-2-4-17(5-3-16)18-6-8-19(9-7-18)27-21(30)11-22-23(32-27)12-26(31-22)38-25-15-37-28-24(34)14-36-29(25)28/h2-9,11-12,24-25,28-29,31,34H,10,13-15H2,1H3/t24-,25-,28-,29-/m1/s1. The smallest absolute Gasteiger partial charge is 0.193 e. The number of nitrogens with zero attached hydrogens (tertiary/aromatic N) is 1. The van der Waals surface area contributed by atoms with Gasteiger partial charge >= 0.3 is 0 Å². The number of ether oxygens (including phenoxy) is 4. The summed E-state index contributed by atoms with van der Waals surface area (Å²) in [4.78, 5) is 19.4. The molecule has 38 heavy (non-hydrogen) atoms. The van der Waals surface area contributed by atoms with Crippen LogP contribution < -0.4 is 4.74 Å². The van der Waals surface area contributed by atoms with Crippen LogP contribution in [-0.4, -0.2) is 72.2 Å². The molecule has 2 saturated heterocycles. The molecule has 2 aromatic carbocycles. The van der Waals surface area contributed by atoms with Gasteiger partial charge in [-0.1, -0.05) is 48.5 Å². The van der Waals surface area contributed by atoms with E-state index in [4.69, 9.17) is 18.9 Å². The Labute approximate surface area is 218 Å². The van der Waals surface area contributed by atoms with Gasteiger partial charge in [-0.05, 0) is 16.7 Å². The maximum Gasteiger partial charge on any atom is 0.193 e. The molecule has 196 valence electrons. The van der Waals surface area contributed by atoms with E-state index in [2.05, 4.69) is 9.97 Å². The van der Waals surface area contributed by atoms with Gasteiger partial charge in [0.1, 0.15) is 30.6 Å². The molecule has 2 fully saturated rings. The minimum Gasteiger partial charge on any atom is -0.470 e. The van der Waals surface area contributed by atoms with E-state index in [0.29, 0.717) is 35.5 Å². The molecule has 4 atom stereocenters. The molecule has 8 nitrogen and oxygen atoms in total. The van der Waals surface area contributed by atoms with Crippen molar-refractivity contribution in [3.8, 4) is 28.3 Å². The fraction of sp³-hybridized carbons (Fsp3) is 0.310. The molecule has 0 spiro atoms. The number of aromatic amines is 1. The number of nitrogens with one attached hydrogen (secondary N) is 1. The second kappa shape index (κ2) is 10.3. The van der Waals surface area contributed by atoms with Crippen molar-refractivity contribution >= 4 is 16.8 Å². The number of aliphatic hydroxyl groups is 1. The molecule has 2 aliphatic heterocycles. The van der Waals surface area contributed by atoms with Crippen LogP contribution in [0.4, 0.5) is 4.39 Å². The zero-order valence-electron chi connectivity index (χ0n) is 20.7. The highest BCUT2D eigenvalue weighted by atomic mass is 19.1. The Balaban J connectivity index is 1.18. The monoisotopic (exact) mass is 518 g/mol. The summed E-state index contributed by atoms with van der Waals surface area (Å²) in [6, 6.07) is 18.4. The summed E-state index contributed by atoms with van der Waals surface area (Å²) in [5.74, 6) is 0.0160. The van der Waals surface area contributed by atoms with Crippen molar-refractivity contribution in [1.82, 2.24) is 9.97 Å². The van der Waals surface area contributed by atoms with E-state index in [1.54, 1.807) is 6.07 Å². The van der Waals surface area contributed by atoms with Crippen LogP contribution in [0, 0.1) is 5.82 Å². The molecule has 0 amide bonds. The molecule has 2 aliphatic rings. The van der Waals surface area contributed by atoms with E-state index in [1.165, 1.54) is 13.2 Å². The predicted molar refractivity (Wildman–Crippen MR) is 137 cm³/mol. The van der Waals surface area contributed by atoms with Gasteiger partial charge in [-0.3, -0.25) is 4.79 Å². The summed E-state index contributed by atoms with van der Waals surface area (Å²) in [5, 5.41) is 9.92. The second-order valence-electron chi connectivity index (χ2n) is 9.63. The number of pyridine rings is 1. The molecule has 0 aliphatic carbocycles. The van der Waals surface area contributed by atoms with E-state index in [0.717, 1.165) is 16.7 Å². The van der Waals surface area contributed by atoms with Crippen LogP contribution in [0.25, 0.3) is 33.4 Å². The number of fused-ring (bicyclic) bond motifs is 2. The summed E-state index contributed by atoms with van der Waals surface area (Å²) in [7, 11) is 1.51. The zero-order chi connectivity index (χ0) is 26.2.